The second-order valence-electron chi connectivity index (χ2n) is 5.49. The molecule has 2 rings (SSSR count). The number of amides is 1. The summed E-state index contributed by atoms with van der Waals surface area (Å²) in [6.45, 7) is 9.13. The van der Waals surface area contributed by atoms with E-state index >= 15 is 0 Å². The third-order valence-electron chi connectivity index (χ3n) is 4.26. The van der Waals surface area contributed by atoms with Crippen molar-refractivity contribution in [2.24, 2.45) is 0 Å². The number of rotatable bonds is 4. The Morgan fingerprint density at radius 3 is 2.53 bits per heavy atom. The van der Waals surface area contributed by atoms with E-state index in [0.29, 0.717) is 0 Å². The monoisotopic (exact) mass is 239 g/mol. The van der Waals surface area contributed by atoms with Crippen molar-refractivity contribution in [2.75, 3.05) is 32.8 Å². The summed E-state index contributed by atoms with van der Waals surface area (Å²) in [6, 6.07) is 0. The van der Waals surface area contributed by atoms with Gasteiger partial charge in [-0.25, -0.2) is 0 Å². The van der Waals surface area contributed by atoms with Gasteiger partial charge in [0.2, 0.25) is 5.91 Å². The van der Waals surface area contributed by atoms with E-state index in [-0.39, 0.29) is 11.4 Å². The number of carbonyl (C=O) groups excluding carboxylic acids is 1. The second kappa shape index (κ2) is 5.36. The fourth-order valence-electron chi connectivity index (χ4n) is 2.67. The molecule has 1 unspecified atom stereocenters. The number of nitrogens with one attached hydrogen (secondary N) is 1. The van der Waals surface area contributed by atoms with Crippen LogP contribution >= 0.6 is 0 Å². The minimum Gasteiger partial charge on any atom is -0.327 e. The average molecular weight is 239 g/mol. The maximum atomic E-state index is 12.2. The molecule has 2 saturated heterocycles. The molecule has 17 heavy (non-hydrogen) atoms. The van der Waals surface area contributed by atoms with Crippen LogP contribution < -0.4 is 5.32 Å². The molecule has 2 heterocycles. The van der Waals surface area contributed by atoms with E-state index in [1.165, 1.54) is 32.4 Å². The van der Waals surface area contributed by atoms with Crippen molar-refractivity contribution in [1.82, 2.24) is 15.1 Å². The van der Waals surface area contributed by atoms with Crippen molar-refractivity contribution in [3.05, 3.63) is 0 Å². The molecule has 2 aliphatic heterocycles. The van der Waals surface area contributed by atoms with Gasteiger partial charge < -0.3 is 9.80 Å². The number of carbonyl (C=O) groups is 1. The Balaban J connectivity index is 1.78. The van der Waals surface area contributed by atoms with Crippen LogP contribution in [-0.2, 0) is 4.79 Å². The number of hydrogen-bond acceptors (Lipinski definition) is 3. The summed E-state index contributed by atoms with van der Waals surface area (Å²) in [6.07, 6.45) is 4.87. The highest BCUT2D eigenvalue weighted by Gasteiger charge is 2.40. The molecule has 2 aliphatic rings. The lowest BCUT2D eigenvalue weighted by Gasteiger charge is -2.28. The fraction of sp³-hybridized carbons (Fsp3) is 0.923. The number of nitrogens with zero attached hydrogens (tertiary/aromatic N) is 2. The predicted octanol–water partition coefficient (Wildman–Crippen LogP) is 1.03. The van der Waals surface area contributed by atoms with E-state index in [4.69, 9.17) is 0 Å². The van der Waals surface area contributed by atoms with Gasteiger partial charge in [0.15, 0.2) is 0 Å². The van der Waals surface area contributed by atoms with E-state index in [2.05, 4.69) is 17.1 Å². The van der Waals surface area contributed by atoms with Crippen molar-refractivity contribution in [3.63, 3.8) is 0 Å². The summed E-state index contributed by atoms with van der Waals surface area (Å²) < 4.78 is 0. The summed E-state index contributed by atoms with van der Waals surface area (Å²) in [7, 11) is 0. The SMILES string of the molecule is CCC1(C)NCN(CCN2CCCCC2)C1=O. The van der Waals surface area contributed by atoms with Crippen molar-refractivity contribution in [2.45, 2.75) is 45.1 Å². The summed E-state index contributed by atoms with van der Waals surface area (Å²) in [5, 5.41) is 3.33. The zero-order valence-corrected chi connectivity index (χ0v) is 11.2. The molecule has 98 valence electrons. The third-order valence-corrected chi connectivity index (χ3v) is 4.26. The van der Waals surface area contributed by atoms with E-state index < -0.39 is 0 Å². The van der Waals surface area contributed by atoms with Gasteiger partial charge in [0.25, 0.3) is 0 Å². The van der Waals surface area contributed by atoms with Crippen LogP contribution in [0.2, 0.25) is 0 Å². The Morgan fingerprint density at radius 2 is 1.94 bits per heavy atom. The normalized spacial score (nSPS) is 31.2. The molecule has 1 N–H and O–H groups in total. The van der Waals surface area contributed by atoms with Crippen molar-refractivity contribution in [3.8, 4) is 0 Å². The lowest BCUT2D eigenvalue weighted by molar-refractivity contribution is -0.132. The van der Waals surface area contributed by atoms with Crippen LogP contribution in [0.25, 0.3) is 0 Å². The molecule has 0 bridgehead atoms. The molecule has 4 heteroatoms. The first-order chi connectivity index (χ1) is 8.15. The molecule has 1 amide bonds. The summed E-state index contributed by atoms with van der Waals surface area (Å²) in [5.41, 5.74) is -0.318. The van der Waals surface area contributed by atoms with Crippen LogP contribution in [-0.4, -0.2) is 54.1 Å². The highest BCUT2D eigenvalue weighted by molar-refractivity contribution is 5.87. The van der Waals surface area contributed by atoms with Crippen molar-refractivity contribution in [1.29, 1.82) is 0 Å². The van der Waals surface area contributed by atoms with Gasteiger partial charge in [0, 0.05) is 13.1 Å². The lowest BCUT2D eigenvalue weighted by atomic mass is 9.99. The largest absolute Gasteiger partial charge is 0.327 e. The van der Waals surface area contributed by atoms with Gasteiger partial charge in [0.1, 0.15) is 0 Å². The van der Waals surface area contributed by atoms with Gasteiger partial charge >= 0.3 is 0 Å². The number of hydrogen-bond donors (Lipinski definition) is 1. The Morgan fingerprint density at radius 1 is 1.24 bits per heavy atom. The van der Waals surface area contributed by atoms with Crippen LogP contribution in [0.4, 0.5) is 0 Å². The van der Waals surface area contributed by atoms with Gasteiger partial charge in [-0.2, -0.15) is 0 Å². The maximum Gasteiger partial charge on any atom is 0.243 e. The lowest BCUT2D eigenvalue weighted by Crippen LogP contribution is -2.44. The molecule has 0 spiro atoms. The van der Waals surface area contributed by atoms with E-state index in [0.717, 1.165) is 26.2 Å². The number of likely N-dealkylation sites (tertiary alicyclic amines) is 1. The second-order valence-corrected chi connectivity index (χ2v) is 5.49. The molecule has 0 aromatic heterocycles. The average Bonchev–Trinajstić information content (AvgIpc) is 2.66. The Bertz CT molecular complexity index is 276. The van der Waals surface area contributed by atoms with Crippen LogP contribution in [0, 0.1) is 0 Å². The van der Waals surface area contributed by atoms with Crippen LogP contribution in [0.3, 0.4) is 0 Å². The molecule has 0 saturated carbocycles. The smallest absolute Gasteiger partial charge is 0.243 e. The third kappa shape index (κ3) is 2.80. The highest BCUT2D eigenvalue weighted by Crippen LogP contribution is 2.19. The van der Waals surface area contributed by atoms with Crippen molar-refractivity contribution < 1.29 is 4.79 Å². The van der Waals surface area contributed by atoms with Crippen LogP contribution in [0.1, 0.15) is 39.5 Å². The zero-order chi connectivity index (χ0) is 12.3. The predicted molar refractivity (Wildman–Crippen MR) is 68.7 cm³/mol. The van der Waals surface area contributed by atoms with Gasteiger partial charge in [-0.1, -0.05) is 13.3 Å². The molecular formula is C13H25N3O. The molecule has 2 fully saturated rings. The Hall–Kier alpha value is -0.610. The topological polar surface area (TPSA) is 35.6 Å². The first kappa shape index (κ1) is 12.8. The maximum absolute atomic E-state index is 12.2. The summed E-state index contributed by atoms with van der Waals surface area (Å²) in [5.74, 6) is 0.275. The first-order valence-corrected chi connectivity index (χ1v) is 6.92. The summed E-state index contributed by atoms with van der Waals surface area (Å²) in [4.78, 5) is 16.6. The Labute approximate surface area is 104 Å². The minimum atomic E-state index is -0.318. The zero-order valence-electron chi connectivity index (χ0n) is 11.2. The summed E-state index contributed by atoms with van der Waals surface area (Å²) >= 11 is 0. The van der Waals surface area contributed by atoms with E-state index in [9.17, 15) is 4.79 Å². The Kier molecular flexibility index (Phi) is 4.05. The minimum absolute atomic E-state index is 0.275. The molecule has 0 aromatic carbocycles. The van der Waals surface area contributed by atoms with Crippen LogP contribution in [0.5, 0.6) is 0 Å². The van der Waals surface area contributed by atoms with Gasteiger partial charge in [-0.15, -0.1) is 0 Å². The molecule has 0 aliphatic carbocycles. The quantitative estimate of drug-likeness (QED) is 0.796. The van der Waals surface area contributed by atoms with Gasteiger partial charge in [-0.05, 0) is 39.3 Å². The first-order valence-electron chi connectivity index (χ1n) is 6.92. The van der Waals surface area contributed by atoms with Crippen molar-refractivity contribution >= 4 is 5.91 Å². The van der Waals surface area contributed by atoms with E-state index in [1.807, 2.05) is 11.8 Å². The molecule has 4 nitrogen and oxygen atoms in total. The molecule has 1 atom stereocenters. The fourth-order valence-corrected chi connectivity index (χ4v) is 2.67. The molecular weight excluding hydrogens is 214 g/mol. The molecule has 0 radical (unpaired) electrons. The van der Waals surface area contributed by atoms with E-state index in [1.54, 1.807) is 0 Å². The van der Waals surface area contributed by atoms with Crippen LogP contribution in [0.15, 0.2) is 0 Å². The number of piperidine rings is 1. The standard InChI is InChI=1S/C13H25N3O/c1-3-13(2)12(17)16(11-14-13)10-9-15-7-5-4-6-8-15/h14H,3-11H2,1-2H3. The van der Waals surface area contributed by atoms with Gasteiger partial charge in [-0.3, -0.25) is 10.1 Å². The van der Waals surface area contributed by atoms with Gasteiger partial charge in [0.05, 0.1) is 12.2 Å². The molecule has 0 aromatic rings. The highest BCUT2D eigenvalue weighted by atomic mass is 16.2.